The lowest BCUT2D eigenvalue weighted by Crippen LogP contribution is -2.45. The van der Waals surface area contributed by atoms with Gasteiger partial charge in [0.2, 0.25) is 6.10 Å². The summed E-state index contributed by atoms with van der Waals surface area (Å²) in [4.78, 5) is 32.7. The number of carbonyl (C=O) groups excluding carboxylic acids is 2. The number of carbonyl (C=O) groups is 3. The highest BCUT2D eigenvalue weighted by Crippen LogP contribution is 2.21. The highest BCUT2D eigenvalue weighted by atomic mass is 16.6. The maximum atomic E-state index is 11.0. The molecule has 7 heteroatoms. The van der Waals surface area contributed by atoms with Gasteiger partial charge in [-0.1, -0.05) is 0 Å². The van der Waals surface area contributed by atoms with Gasteiger partial charge in [0.15, 0.2) is 0 Å². The first-order chi connectivity index (χ1) is 8.40. The molecule has 1 saturated heterocycles. The summed E-state index contributed by atoms with van der Waals surface area (Å²) in [6, 6.07) is 0. The molecule has 1 aliphatic rings. The van der Waals surface area contributed by atoms with E-state index >= 15 is 0 Å². The summed E-state index contributed by atoms with van der Waals surface area (Å²) in [5.41, 5.74) is 0. The first-order valence-corrected chi connectivity index (χ1v) is 5.59. The van der Waals surface area contributed by atoms with Crippen LogP contribution in [0.5, 0.6) is 0 Å². The molecule has 0 spiro atoms. The van der Waals surface area contributed by atoms with E-state index in [0.29, 0.717) is 6.42 Å². The number of rotatable bonds is 4. The zero-order valence-electron chi connectivity index (χ0n) is 10.3. The van der Waals surface area contributed by atoms with Gasteiger partial charge in [0.1, 0.15) is 12.2 Å². The third-order valence-electron chi connectivity index (χ3n) is 2.47. The van der Waals surface area contributed by atoms with Crippen LogP contribution in [0.15, 0.2) is 0 Å². The Labute approximate surface area is 104 Å². The minimum atomic E-state index is -1.37. The van der Waals surface area contributed by atoms with E-state index in [2.05, 4.69) is 0 Å². The van der Waals surface area contributed by atoms with Crippen molar-refractivity contribution in [2.75, 3.05) is 6.61 Å². The fraction of sp³-hybridized carbons (Fsp3) is 0.727. The Bertz CT molecular complexity index is 338. The maximum absolute atomic E-state index is 11.0. The SMILES string of the molecule is CC(=O)OC1CCOC(C(OC(C)=O)C(=O)O)C1. The lowest BCUT2D eigenvalue weighted by Gasteiger charge is -2.31. The molecule has 0 aliphatic carbocycles. The molecule has 0 radical (unpaired) electrons. The number of esters is 2. The van der Waals surface area contributed by atoms with Crippen molar-refractivity contribution in [3.8, 4) is 0 Å². The predicted octanol–water partition coefficient (Wildman–Crippen LogP) is 0.113. The molecule has 0 amide bonds. The Morgan fingerprint density at radius 1 is 1.28 bits per heavy atom. The van der Waals surface area contributed by atoms with Gasteiger partial charge in [0, 0.05) is 26.7 Å². The maximum Gasteiger partial charge on any atom is 0.347 e. The second-order valence-electron chi connectivity index (χ2n) is 4.03. The van der Waals surface area contributed by atoms with Crippen molar-refractivity contribution in [3.05, 3.63) is 0 Å². The van der Waals surface area contributed by atoms with E-state index < -0.39 is 36.2 Å². The van der Waals surface area contributed by atoms with E-state index in [-0.39, 0.29) is 13.0 Å². The predicted molar refractivity (Wildman–Crippen MR) is 57.7 cm³/mol. The average molecular weight is 260 g/mol. The minimum Gasteiger partial charge on any atom is -0.478 e. The molecule has 1 N–H and O–H groups in total. The van der Waals surface area contributed by atoms with E-state index in [1.54, 1.807) is 0 Å². The molecule has 1 aliphatic heterocycles. The third kappa shape index (κ3) is 4.33. The topological polar surface area (TPSA) is 99.1 Å². The van der Waals surface area contributed by atoms with Crippen molar-refractivity contribution in [1.82, 2.24) is 0 Å². The molecular weight excluding hydrogens is 244 g/mol. The molecular formula is C11H16O7. The van der Waals surface area contributed by atoms with Gasteiger partial charge in [0.05, 0.1) is 6.61 Å². The number of hydrogen-bond acceptors (Lipinski definition) is 6. The standard InChI is InChI=1S/C11H16O7/c1-6(12)17-8-3-4-16-9(5-8)10(11(14)15)18-7(2)13/h8-10H,3-5H2,1-2H3,(H,14,15). The van der Waals surface area contributed by atoms with Crippen LogP contribution < -0.4 is 0 Å². The fourth-order valence-corrected chi connectivity index (χ4v) is 1.81. The molecule has 0 bridgehead atoms. The Balaban J connectivity index is 2.64. The number of hydrogen-bond donors (Lipinski definition) is 1. The molecule has 18 heavy (non-hydrogen) atoms. The quantitative estimate of drug-likeness (QED) is 0.716. The molecule has 1 heterocycles. The Morgan fingerprint density at radius 2 is 1.94 bits per heavy atom. The summed E-state index contributed by atoms with van der Waals surface area (Å²) in [5, 5.41) is 8.98. The van der Waals surface area contributed by atoms with Crippen LogP contribution in [-0.2, 0) is 28.6 Å². The van der Waals surface area contributed by atoms with E-state index in [1.165, 1.54) is 6.92 Å². The van der Waals surface area contributed by atoms with Crippen molar-refractivity contribution in [2.45, 2.75) is 45.0 Å². The summed E-state index contributed by atoms with van der Waals surface area (Å²) in [6.45, 7) is 2.67. The lowest BCUT2D eigenvalue weighted by atomic mass is 10.0. The molecule has 3 atom stereocenters. The summed E-state index contributed by atoms with van der Waals surface area (Å²) in [5.74, 6) is -2.40. The van der Waals surface area contributed by atoms with E-state index in [1.807, 2.05) is 0 Å². The van der Waals surface area contributed by atoms with Crippen LogP contribution in [0.3, 0.4) is 0 Å². The van der Waals surface area contributed by atoms with Gasteiger partial charge < -0.3 is 19.3 Å². The van der Waals surface area contributed by atoms with Gasteiger partial charge in [-0.15, -0.1) is 0 Å². The second kappa shape index (κ2) is 6.34. The molecule has 0 saturated carbocycles. The number of carboxylic acid groups (broad SMARTS) is 1. The smallest absolute Gasteiger partial charge is 0.347 e. The minimum absolute atomic E-state index is 0.198. The summed E-state index contributed by atoms with van der Waals surface area (Å²) < 4.78 is 15.0. The van der Waals surface area contributed by atoms with Gasteiger partial charge in [-0.05, 0) is 0 Å². The van der Waals surface area contributed by atoms with Crippen molar-refractivity contribution in [3.63, 3.8) is 0 Å². The number of aliphatic carboxylic acids is 1. The summed E-state index contributed by atoms with van der Waals surface area (Å²) >= 11 is 0. The monoisotopic (exact) mass is 260 g/mol. The van der Waals surface area contributed by atoms with Crippen LogP contribution >= 0.6 is 0 Å². The number of carboxylic acids is 1. The number of ether oxygens (including phenoxy) is 3. The van der Waals surface area contributed by atoms with Crippen LogP contribution in [0.2, 0.25) is 0 Å². The Kier molecular flexibility index (Phi) is 5.08. The van der Waals surface area contributed by atoms with Crippen LogP contribution in [0, 0.1) is 0 Å². The van der Waals surface area contributed by atoms with Gasteiger partial charge >= 0.3 is 17.9 Å². The highest BCUT2D eigenvalue weighted by Gasteiger charge is 2.37. The highest BCUT2D eigenvalue weighted by molar-refractivity contribution is 5.77. The zero-order chi connectivity index (χ0) is 13.7. The van der Waals surface area contributed by atoms with Crippen molar-refractivity contribution >= 4 is 17.9 Å². The first-order valence-electron chi connectivity index (χ1n) is 5.59. The van der Waals surface area contributed by atoms with Gasteiger partial charge in [-0.3, -0.25) is 9.59 Å². The Morgan fingerprint density at radius 3 is 2.44 bits per heavy atom. The lowest BCUT2D eigenvalue weighted by molar-refractivity contribution is -0.182. The average Bonchev–Trinajstić information content (AvgIpc) is 2.24. The van der Waals surface area contributed by atoms with E-state index in [9.17, 15) is 14.4 Å². The molecule has 1 rings (SSSR count). The largest absolute Gasteiger partial charge is 0.478 e. The zero-order valence-corrected chi connectivity index (χ0v) is 10.3. The van der Waals surface area contributed by atoms with Crippen LogP contribution in [0.25, 0.3) is 0 Å². The van der Waals surface area contributed by atoms with Gasteiger partial charge in [-0.25, -0.2) is 4.79 Å². The molecule has 3 unspecified atom stereocenters. The van der Waals surface area contributed by atoms with Gasteiger partial charge in [0.25, 0.3) is 0 Å². The van der Waals surface area contributed by atoms with E-state index in [4.69, 9.17) is 19.3 Å². The van der Waals surface area contributed by atoms with Crippen molar-refractivity contribution in [1.29, 1.82) is 0 Å². The van der Waals surface area contributed by atoms with Crippen molar-refractivity contribution < 1.29 is 33.7 Å². The van der Waals surface area contributed by atoms with E-state index in [0.717, 1.165) is 6.92 Å². The molecule has 0 aromatic carbocycles. The molecule has 102 valence electrons. The van der Waals surface area contributed by atoms with Crippen molar-refractivity contribution in [2.24, 2.45) is 0 Å². The van der Waals surface area contributed by atoms with Gasteiger partial charge in [-0.2, -0.15) is 0 Å². The second-order valence-corrected chi connectivity index (χ2v) is 4.03. The van der Waals surface area contributed by atoms with Crippen LogP contribution in [0.1, 0.15) is 26.7 Å². The summed E-state index contributed by atoms with van der Waals surface area (Å²) in [6.07, 6.45) is -1.88. The molecule has 0 aromatic heterocycles. The molecule has 0 aromatic rings. The van der Waals surface area contributed by atoms with Crippen LogP contribution in [0.4, 0.5) is 0 Å². The normalized spacial score (nSPS) is 25.0. The first kappa shape index (κ1) is 14.4. The molecule has 7 nitrogen and oxygen atoms in total. The Hall–Kier alpha value is -1.63. The third-order valence-corrected chi connectivity index (χ3v) is 2.47. The van der Waals surface area contributed by atoms with Crippen LogP contribution in [-0.4, -0.2) is 47.9 Å². The summed E-state index contributed by atoms with van der Waals surface area (Å²) in [7, 11) is 0. The fourth-order valence-electron chi connectivity index (χ4n) is 1.81. The molecule has 1 fully saturated rings.